The molecule has 13 heavy (non-hydrogen) atoms. The summed E-state index contributed by atoms with van der Waals surface area (Å²) in [6, 6.07) is 8.42. The zero-order valence-corrected chi connectivity index (χ0v) is 8.35. The number of aryl methyl sites for hydroxylation is 1. The van der Waals surface area contributed by atoms with Crippen LogP contribution in [-0.2, 0) is 6.42 Å². The molecule has 2 aromatic rings. The number of aromatic nitrogens is 1. The van der Waals surface area contributed by atoms with Crippen molar-refractivity contribution >= 4 is 23.5 Å². The molecule has 0 aliphatic heterocycles. The fourth-order valence-corrected chi connectivity index (χ4v) is 1.77. The number of hydrogen-bond acceptors (Lipinski definition) is 1. The lowest BCUT2D eigenvalue weighted by Crippen LogP contribution is -1.83. The molecule has 2 heteroatoms. The van der Waals surface area contributed by atoms with Crippen LogP contribution >= 0.6 is 12.6 Å². The molecular formula is C11H13NS. The highest BCUT2D eigenvalue weighted by Crippen LogP contribution is 2.18. The highest BCUT2D eigenvalue weighted by molar-refractivity contribution is 7.80. The molecule has 1 N–H and O–H groups in total. The maximum absolute atomic E-state index is 4.22. The summed E-state index contributed by atoms with van der Waals surface area (Å²) in [6.45, 7) is 0. The number of aromatic amines is 1. The normalized spacial score (nSPS) is 10.8. The minimum absolute atomic E-state index is 0.958. The largest absolute Gasteiger partial charge is 0.361 e. The van der Waals surface area contributed by atoms with Gasteiger partial charge in [-0.25, -0.2) is 0 Å². The van der Waals surface area contributed by atoms with Gasteiger partial charge in [-0.05, 0) is 30.2 Å². The predicted molar refractivity (Wildman–Crippen MR) is 60.5 cm³/mol. The first-order valence-electron chi connectivity index (χ1n) is 4.57. The van der Waals surface area contributed by atoms with Crippen molar-refractivity contribution in [3.05, 3.63) is 36.0 Å². The molecule has 1 aromatic heterocycles. The van der Waals surface area contributed by atoms with E-state index in [2.05, 4.69) is 48.1 Å². The summed E-state index contributed by atoms with van der Waals surface area (Å²) in [5.41, 5.74) is 2.64. The smallest absolute Gasteiger partial charge is 0.0456 e. The van der Waals surface area contributed by atoms with E-state index in [1.54, 1.807) is 0 Å². The maximum Gasteiger partial charge on any atom is 0.0456 e. The molecule has 68 valence electrons. The van der Waals surface area contributed by atoms with Crippen molar-refractivity contribution in [2.45, 2.75) is 12.8 Å². The third-order valence-corrected chi connectivity index (χ3v) is 2.60. The molecule has 0 bridgehead atoms. The van der Waals surface area contributed by atoms with Gasteiger partial charge in [0.05, 0.1) is 0 Å². The van der Waals surface area contributed by atoms with Gasteiger partial charge in [0.1, 0.15) is 0 Å². The number of hydrogen-bond donors (Lipinski definition) is 2. The third kappa shape index (κ3) is 1.73. The zero-order valence-electron chi connectivity index (χ0n) is 7.46. The standard InChI is InChI=1S/C11H13NS/c13-7-3-4-9-8-12-11-6-2-1-5-10(9)11/h1-2,5-6,8,12-13H,3-4,7H2. The van der Waals surface area contributed by atoms with Gasteiger partial charge in [-0.2, -0.15) is 12.6 Å². The van der Waals surface area contributed by atoms with Crippen LogP contribution in [0.4, 0.5) is 0 Å². The molecule has 0 spiro atoms. The minimum atomic E-state index is 0.958. The first kappa shape index (κ1) is 8.70. The highest BCUT2D eigenvalue weighted by atomic mass is 32.1. The molecule has 1 nitrogen and oxygen atoms in total. The van der Waals surface area contributed by atoms with Crippen LogP contribution in [0, 0.1) is 0 Å². The van der Waals surface area contributed by atoms with E-state index in [4.69, 9.17) is 0 Å². The molecule has 0 aliphatic rings. The Morgan fingerprint density at radius 1 is 1.23 bits per heavy atom. The summed E-state index contributed by atoms with van der Waals surface area (Å²) in [5.74, 6) is 0.958. The van der Waals surface area contributed by atoms with Crippen molar-refractivity contribution in [2.24, 2.45) is 0 Å². The van der Waals surface area contributed by atoms with Crippen molar-refractivity contribution in [3.8, 4) is 0 Å². The van der Waals surface area contributed by atoms with Gasteiger partial charge in [-0.1, -0.05) is 18.2 Å². The second kappa shape index (κ2) is 3.88. The molecule has 0 aliphatic carbocycles. The number of H-pyrrole nitrogens is 1. The SMILES string of the molecule is SCCCc1c[nH]c2ccccc12. The lowest BCUT2D eigenvalue weighted by Gasteiger charge is -1.95. The molecule has 0 fully saturated rings. The van der Waals surface area contributed by atoms with Crippen LogP contribution in [0.2, 0.25) is 0 Å². The van der Waals surface area contributed by atoms with Crippen molar-refractivity contribution in [1.29, 1.82) is 0 Å². The fourth-order valence-electron chi connectivity index (χ4n) is 1.61. The number of para-hydroxylation sites is 1. The predicted octanol–water partition coefficient (Wildman–Crippen LogP) is 3.03. The van der Waals surface area contributed by atoms with Crippen molar-refractivity contribution in [2.75, 3.05) is 5.75 Å². The summed E-state index contributed by atoms with van der Waals surface area (Å²) >= 11 is 4.22. The van der Waals surface area contributed by atoms with Crippen LogP contribution in [0.3, 0.4) is 0 Å². The monoisotopic (exact) mass is 191 g/mol. The van der Waals surface area contributed by atoms with Gasteiger partial charge in [-0.3, -0.25) is 0 Å². The third-order valence-electron chi connectivity index (χ3n) is 2.28. The van der Waals surface area contributed by atoms with Crippen LogP contribution < -0.4 is 0 Å². The van der Waals surface area contributed by atoms with E-state index in [-0.39, 0.29) is 0 Å². The molecule has 0 amide bonds. The number of rotatable bonds is 3. The van der Waals surface area contributed by atoms with Crippen molar-refractivity contribution in [3.63, 3.8) is 0 Å². The summed E-state index contributed by atoms with van der Waals surface area (Å²) in [4.78, 5) is 3.27. The minimum Gasteiger partial charge on any atom is -0.361 e. The Balaban J connectivity index is 2.35. The van der Waals surface area contributed by atoms with Gasteiger partial charge in [0.2, 0.25) is 0 Å². The molecule has 0 radical (unpaired) electrons. The fraction of sp³-hybridized carbons (Fsp3) is 0.273. The second-order valence-corrected chi connectivity index (χ2v) is 3.63. The lowest BCUT2D eigenvalue weighted by atomic mass is 10.1. The first-order valence-corrected chi connectivity index (χ1v) is 5.21. The van der Waals surface area contributed by atoms with Gasteiger partial charge in [0.25, 0.3) is 0 Å². The van der Waals surface area contributed by atoms with Crippen LogP contribution in [-0.4, -0.2) is 10.7 Å². The Morgan fingerprint density at radius 3 is 2.92 bits per heavy atom. The number of thiol groups is 1. The van der Waals surface area contributed by atoms with Gasteiger partial charge < -0.3 is 4.98 Å². The molecule has 1 heterocycles. The molecule has 0 atom stereocenters. The highest BCUT2D eigenvalue weighted by Gasteiger charge is 2.00. The summed E-state index contributed by atoms with van der Waals surface area (Å²) < 4.78 is 0. The number of nitrogens with one attached hydrogen (secondary N) is 1. The average molecular weight is 191 g/mol. The van der Waals surface area contributed by atoms with E-state index in [9.17, 15) is 0 Å². The number of benzene rings is 1. The van der Waals surface area contributed by atoms with E-state index in [0.717, 1.165) is 18.6 Å². The summed E-state index contributed by atoms with van der Waals surface area (Å²) in [7, 11) is 0. The molecule has 1 aromatic carbocycles. The molecule has 0 unspecified atom stereocenters. The topological polar surface area (TPSA) is 15.8 Å². The van der Waals surface area contributed by atoms with Crippen molar-refractivity contribution < 1.29 is 0 Å². The Kier molecular flexibility index (Phi) is 2.60. The average Bonchev–Trinajstić information content (AvgIpc) is 2.58. The van der Waals surface area contributed by atoms with Gasteiger partial charge in [0.15, 0.2) is 0 Å². The quantitative estimate of drug-likeness (QED) is 0.694. The Bertz CT molecular complexity index is 392. The van der Waals surface area contributed by atoms with Crippen LogP contribution in [0.5, 0.6) is 0 Å². The van der Waals surface area contributed by atoms with Gasteiger partial charge in [-0.15, -0.1) is 0 Å². The summed E-state index contributed by atoms with van der Waals surface area (Å²) in [6.07, 6.45) is 4.37. The Morgan fingerprint density at radius 2 is 2.08 bits per heavy atom. The number of fused-ring (bicyclic) bond motifs is 1. The van der Waals surface area contributed by atoms with E-state index in [0.29, 0.717) is 0 Å². The molecule has 0 saturated heterocycles. The Labute approximate surface area is 83.6 Å². The zero-order chi connectivity index (χ0) is 9.10. The Hall–Kier alpha value is -0.890. The summed E-state index contributed by atoms with van der Waals surface area (Å²) in [5, 5.41) is 1.35. The van der Waals surface area contributed by atoms with E-state index >= 15 is 0 Å². The van der Waals surface area contributed by atoms with Crippen molar-refractivity contribution in [1.82, 2.24) is 4.98 Å². The molecular weight excluding hydrogens is 178 g/mol. The van der Waals surface area contributed by atoms with E-state index < -0.39 is 0 Å². The first-order chi connectivity index (χ1) is 6.42. The lowest BCUT2D eigenvalue weighted by molar-refractivity contribution is 0.943. The maximum atomic E-state index is 4.22. The van der Waals surface area contributed by atoms with Crippen LogP contribution in [0.15, 0.2) is 30.5 Å². The van der Waals surface area contributed by atoms with Gasteiger partial charge >= 0.3 is 0 Å². The van der Waals surface area contributed by atoms with E-state index in [1.807, 2.05) is 0 Å². The molecule has 0 saturated carbocycles. The van der Waals surface area contributed by atoms with Crippen LogP contribution in [0.25, 0.3) is 10.9 Å². The second-order valence-electron chi connectivity index (χ2n) is 3.19. The van der Waals surface area contributed by atoms with Crippen LogP contribution in [0.1, 0.15) is 12.0 Å². The molecule has 2 rings (SSSR count). The van der Waals surface area contributed by atoms with E-state index in [1.165, 1.54) is 16.5 Å². The van der Waals surface area contributed by atoms with Gasteiger partial charge in [0, 0.05) is 17.1 Å².